The minimum Gasteiger partial charge on any atom is -0.453 e. The van der Waals surface area contributed by atoms with Crippen LogP contribution >= 0.6 is 0 Å². The largest absolute Gasteiger partial charge is 0.453 e. The molecule has 1 aliphatic rings. The summed E-state index contributed by atoms with van der Waals surface area (Å²) in [7, 11) is 1.29. The van der Waals surface area contributed by atoms with Crippen LogP contribution in [0.2, 0.25) is 0 Å². The summed E-state index contributed by atoms with van der Waals surface area (Å²) in [4.78, 5) is 13.5. The molecule has 118 valence electrons. The van der Waals surface area contributed by atoms with Crippen LogP contribution in [0.4, 0.5) is 4.79 Å². The lowest BCUT2D eigenvalue weighted by Crippen LogP contribution is -2.52. The zero-order chi connectivity index (χ0) is 15.1. The van der Waals surface area contributed by atoms with Gasteiger partial charge in [0.2, 0.25) is 0 Å². The van der Waals surface area contributed by atoms with Gasteiger partial charge in [-0.2, -0.15) is 0 Å². The normalized spacial score (nSPS) is 26.1. The number of rotatable bonds is 6. The monoisotopic (exact) mass is 291 g/mol. The Kier molecular flexibility index (Phi) is 7.22. The first-order valence-electron chi connectivity index (χ1n) is 6.97. The van der Waals surface area contributed by atoms with Crippen molar-refractivity contribution in [2.45, 2.75) is 56.4 Å². The molecule has 0 aliphatic carbocycles. The first-order chi connectivity index (χ1) is 9.53. The van der Waals surface area contributed by atoms with Gasteiger partial charge in [0.15, 0.2) is 0 Å². The van der Waals surface area contributed by atoms with E-state index in [-0.39, 0.29) is 38.1 Å². The predicted molar refractivity (Wildman–Crippen MR) is 71.1 cm³/mol. The summed E-state index contributed by atoms with van der Waals surface area (Å²) in [5.74, 6) is 0. The average molecular weight is 291 g/mol. The molecule has 0 spiro atoms. The summed E-state index contributed by atoms with van der Waals surface area (Å²) in [6.07, 6.45) is 0.584. The van der Waals surface area contributed by atoms with E-state index in [0.29, 0.717) is 0 Å². The van der Waals surface area contributed by atoms with Crippen molar-refractivity contribution < 1.29 is 30.0 Å². The number of methoxy groups -OCH3 is 1. The number of nitrogens with zero attached hydrogens (tertiary/aromatic N) is 1. The average Bonchev–Trinajstić information content (AvgIpc) is 2.46. The van der Waals surface area contributed by atoms with Crippen molar-refractivity contribution in [2.24, 2.45) is 0 Å². The molecule has 7 nitrogen and oxygen atoms in total. The number of hydrogen-bond donors (Lipinski definition) is 4. The van der Waals surface area contributed by atoms with Crippen molar-refractivity contribution in [3.63, 3.8) is 0 Å². The highest BCUT2D eigenvalue weighted by molar-refractivity contribution is 5.68. The third kappa shape index (κ3) is 4.59. The summed E-state index contributed by atoms with van der Waals surface area (Å²) < 4.78 is 4.78. The second-order valence-electron chi connectivity index (χ2n) is 5.26. The van der Waals surface area contributed by atoms with E-state index in [1.54, 1.807) is 0 Å². The van der Waals surface area contributed by atoms with Crippen LogP contribution in [-0.2, 0) is 4.74 Å². The fourth-order valence-corrected chi connectivity index (χ4v) is 2.81. The molecule has 7 heteroatoms. The number of carbonyl (C=O) groups excluding carboxylic acids is 1. The number of likely N-dealkylation sites (tertiary alicyclic amines) is 1. The Bertz CT molecular complexity index is 281. The smallest absolute Gasteiger partial charge is 0.409 e. The third-order valence-electron chi connectivity index (χ3n) is 3.76. The van der Waals surface area contributed by atoms with Crippen LogP contribution in [0.15, 0.2) is 0 Å². The van der Waals surface area contributed by atoms with Gasteiger partial charge in [0, 0.05) is 12.1 Å². The number of piperidine rings is 1. The fraction of sp³-hybridized carbons (Fsp3) is 0.923. The van der Waals surface area contributed by atoms with Crippen molar-refractivity contribution in [3.05, 3.63) is 0 Å². The number of aliphatic hydroxyl groups is 4. The number of hydrogen-bond acceptors (Lipinski definition) is 6. The van der Waals surface area contributed by atoms with Gasteiger partial charge in [0.05, 0.1) is 32.5 Å². The molecule has 0 aromatic heterocycles. The van der Waals surface area contributed by atoms with Crippen LogP contribution in [0.25, 0.3) is 0 Å². The lowest BCUT2D eigenvalue weighted by atomic mass is 9.90. The predicted octanol–water partition coefficient (Wildman–Crippen LogP) is -0.538. The molecule has 0 saturated carbocycles. The van der Waals surface area contributed by atoms with Gasteiger partial charge in [-0.3, -0.25) is 0 Å². The summed E-state index contributed by atoms with van der Waals surface area (Å²) in [6, 6.07) is -0.455. The van der Waals surface area contributed by atoms with E-state index in [1.165, 1.54) is 12.0 Å². The van der Waals surface area contributed by atoms with Gasteiger partial charge in [-0.15, -0.1) is 0 Å². The van der Waals surface area contributed by atoms with Gasteiger partial charge in [-0.1, -0.05) is 0 Å². The second kappa shape index (κ2) is 8.41. The molecule has 1 saturated heterocycles. The Morgan fingerprint density at radius 3 is 1.95 bits per heavy atom. The maximum Gasteiger partial charge on any atom is 0.409 e. The van der Waals surface area contributed by atoms with Gasteiger partial charge in [0.1, 0.15) is 0 Å². The van der Waals surface area contributed by atoms with Gasteiger partial charge < -0.3 is 30.1 Å². The molecule has 0 aromatic carbocycles. The van der Waals surface area contributed by atoms with Gasteiger partial charge >= 0.3 is 6.09 Å². The molecule has 4 atom stereocenters. The van der Waals surface area contributed by atoms with E-state index in [2.05, 4.69) is 0 Å². The minimum atomic E-state index is -0.881. The van der Waals surface area contributed by atoms with Gasteiger partial charge in [-0.25, -0.2) is 4.79 Å². The maximum atomic E-state index is 11.9. The molecular formula is C13H25NO6. The summed E-state index contributed by atoms with van der Waals surface area (Å²) in [5, 5.41) is 37.0. The van der Waals surface area contributed by atoms with E-state index >= 15 is 0 Å². The molecule has 1 amide bonds. The van der Waals surface area contributed by atoms with Crippen molar-refractivity contribution in [1.82, 2.24) is 4.90 Å². The Labute approximate surface area is 118 Å². The van der Waals surface area contributed by atoms with E-state index in [4.69, 9.17) is 14.9 Å². The zero-order valence-electron chi connectivity index (χ0n) is 11.8. The highest BCUT2D eigenvalue weighted by Crippen LogP contribution is 2.29. The second-order valence-corrected chi connectivity index (χ2v) is 5.26. The Morgan fingerprint density at radius 1 is 1.15 bits per heavy atom. The lowest BCUT2D eigenvalue weighted by molar-refractivity contribution is -0.000603. The van der Waals surface area contributed by atoms with Crippen LogP contribution in [0.5, 0.6) is 0 Å². The molecule has 20 heavy (non-hydrogen) atoms. The Morgan fingerprint density at radius 2 is 1.60 bits per heavy atom. The van der Waals surface area contributed by atoms with Crippen LogP contribution < -0.4 is 0 Å². The van der Waals surface area contributed by atoms with E-state index < -0.39 is 18.3 Å². The molecule has 1 fully saturated rings. The SMILES string of the molecule is COC(=O)N1[C@H](CC(O)CO)CCC[C@H]1CC(O)CO. The van der Waals surface area contributed by atoms with E-state index in [9.17, 15) is 15.0 Å². The molecule has 0 bridgehead atoms. The van der Waals surface area contributed by atoms with Crippen molar-refractivity contribution in [1.29, 1.82) is 0 Å². The third-order valence-corrected chi connectivity index (χ3v) is 3.76. The molecule has 1 rings (SSSR count). The summed E-state index contributed by atoms with van der Waals surface area (Å²) in [6.45, 7) is -0.703. The Hall–Kier alpha value is -0.890. The first kappa shape index (κ1) is 17.2. The molecule has 0 radical (unpaired) electrons. The molecule has 1 aliphatic heterocycles. The lowest BCUT2D eigenvalue weighted by Gasteiger charge is -2.42. The van der Waals surface area contributed by atoms with Crippen molar-refractivity contribution in [2.75, 3.05) is 20.3 Å². The van der Waals surface area contributed by atoms with Crippen LogP contribution in [0, 0.1) is 0 Å². The number of carbonyl (C=O) groups is 1. The van der Waals surface area contributed by atoms with E-state index in [1.807, 2.05) is 0 Å². The highest BCUT2D eigenvalue weighted by atomic mass is 16.5. The Balaban J connectivity index is 2.79. The number of aliphatic hydroxyl groups excluding tert-OH is 4. The van der Waals surface area contributed by atoms with Crippen molar-refractivity contribution >= 4 is 6.09 Å². The minimum absolute atomic E-state index is 0.228. The quantitative estimate of drug-likeness (QED) is 0.523. The zero-order valence-corrected chi connectivity index (χ0v) is 11.8. The van der Waals surface area contributed by atoms with Gasteiger partial charge in [0.25, 0.3) is 0 Å². The van der Waals surface area contributed by atoms with Crippen LogP contribution in [-0.4, -0.2) is 76.0 Å². The van der Waals surface area contributed by atoms with E-state index in [0.717, 1.165) is 19.3 Å². The highest BCUT2D eigenvalue weighted by Gasteiger charge is 2.36. The van der Waals surface area contributed by atoms with Crippen LogP contribution in [0.1, 0.15) is 32.1 Å². The number of amides is 1. The van der Waals surface area contributed by atoms with Crippen molar-refractivity contribution in [3.8, 4) is 0 Å². The standard InChI is InChI=1S/C13H25NO6/c1-20-13(19)14-9(5-11(17)7-15)3-2-4-10(14)6-12(18)8-16/h9-12,15-18H,2-8H2,1H3/t9-,10-,11?,12?/m0/s1. The molecular weight excluding hydrogens is 266 g/mol. The van der Waals surface area contributed by atoms with Crippen LogP contribution in [0.3, 0.4) is 0 Å². The topological polar surface area (TPSA) is 110 Å². The first-order valence-corrected chi connectivity index (χ1v) is 6.97. The summed E-state index contributed by atoms with van der Waals surface area (Å²) in [5.41, 5.74) is 0. The summed E-state index contributed by atoms with van der Waals surface area (Å²) >= 11 is 0. The molecule has 2 unspecified atom stereocenters. The van der Waals surface area contributed by atoms with Gasteiger partial charge in [-0.05, 0) is 32.1 Å². The number of ether oxygens (including phenoxy) is 1. The molecule has 0 aromatic rings. The molecule has 1 heterocycles. The maximum absolute atomic E-state index is 11.9. The molecule has 4 N–H and O–H groups in total. The fourth-order valence-electron chi connectivity index (χ4n) is 2.81.